The average molecular weight is 274 g/mol. The molecule has 1 fully saturated rings. The molecule has 0 bridgehead atoms. The lowest BCUT2D eigenvalue weighted by Crippen LogP contribution is -2.31. The van der Waals surface area contributed by atoms with Gasteiger partial charge in [-0.3, -0.25) is 9.78 Å². The van der Waals surface area contributed by atoms with Gasteiger partial charge in [-0.2, -0.15) is 5.10 Å². The van der Waals surface area contributed by atoms with Crippen LogP contribution in [0.5, 0.6) is 0 Å². The second-order valence-electron chi connectivity index (χ2n) is 5.31. The lowest BCUT2D eigenvalue weighted by molar-refractivity contribution is 0.0939. The molecular formula is C14H18N4O2. The Kier molecular flexibility index (Phi) is 3.64. The third-order valence-electron chi connectivity index (χ3n) is 4.15. The zero-order valence-corrected chi connectivity index (χ0v) is 11.2. The number of nitrogens with one attached hydrogen (secondary N) is 1. The highest BCUT2D eigenvalue weighted by atomic mass is 16.3. The number of hydrogen-bond acceptors (Lipinski definition) is 4. The first kappa shape index (κ1) is 13.1. The van der Waals surface area contributed by atoms with E-state index in [4.69, 9.17) is 0 Å². The summed E-state index contributed by atoms with van der Waals surface area (Å²) in [6.07, 6.45) is 9.79. The number of carbonyl (C=O) groups excluding carboxylic acids is 1. The molecule has 2 aromatic rings. The molecule has 1 saturated carbocycles. The molecule has 6 nitrogen and oxygen atoms in total. The van der Waals surface area contributed by atoms with Gasteiger partial charge < -0.3 is 10.4 Å². The highest BCUT2D eigenvalue weighted by Crippen LogP contribution is 2.30. The van der Waals surface area contributed by atoms with Gasteiger partial charge in [-0.15, -0.1) is 0 Å². The van der Waals surface area contributed by atoms with Crippen LogP contribution in [0.1, 0.15) is 29.6 Å². The van der Waals surface area contributed by atoms with E-state index in [1.54, 1.807) is 29.3 Å². The van der Waals surface area contributed by atoms with Crippen molar-refractivity contribution >= 4 is 11.4 Å². The molecule has 1 aliphatic carbocycles. The van der Waals surface area contributed by atoms with Crippen LogP contribution in [0.4, 0.5) is 0 Å². The van der Waals surface area contributed by atoms with Gasteiger partial charge in [-0.25, -0.2) is 4.52 Å². The van der Waals surface area contributed by atoms with Gasteiger partial charge in [0.05, 0.1) is 23.5 Å². The number of aliphatic hydroxyl groups excluding tert-OH is 1. The van der Waals surface area contributed by atoms with Crippen LogP contribution in [0, 0.1) is 11.8 Å². The Hall–Kier alpha value is -1.95. The van der Waals surface area contributed by atoms with Crippen LogP contribution in [0.2, 0.25) is 0 Å². The van der Waals surface area contributed by atoms with Crippen LogP contribution in [0.3, 0.4) is 0 Å². The molecule has 0 saturated heterocycles. The normalized spacial score (nSPS) is 22.2. The molecule has 0 spiro atoms. The zero-order chi connectivity index (χ0) is 13.9. The number of rotatable bonds is 4. The van der Waals surface area contributed by atoms with Crippen molar-refractivity contribution in [3.8, 4) is 0 Å². The van der Waals surface area contributed by atoms with Gasteiger partial charge >= 0.3 is 0 Å². The summed E-state index contributed by atoms with van der Waals surface area (Å²) in [5, 5.41) is 16.4. The van der Waals surface area contributed by atoms with E-state index in [0.29, 0.717) is 29.5 Å². The van der Waals surface area contributed by atoms with Gasteiger partial charge in [0.1, 0.15) is 0 Å². The molecule has 0 radical (unpaired) electrons. The van der Waals surface area contributed by atoms with Crippen LogP contribution in [-0.4, -0.2) is 38.8 Å². The number of nitrogens with zero attached hydrogens (tertiary/aromatic N) is 3. The zero-order valence-electron chi connectivity index (χ0n) is 11.2. The first-order valence-corrected chi connectivity index (χ1v) is 6.96. The highest BCUT2D eigenvalue weighted by Gasteiger charge is 2.27. The maximum absolute atomic E-state index is 12.2. The van der Waals surface area contributed by atoms with Crippen LogP contribution in [0.25, 0.3) is 5.52 Å². The summed E-state index contributed by atoms with van der Waals surface area (Å²) in [7, 11) is 0. The van der Waals surface area contributed by atoms with Gasteiger partial charge in [0.2, 0.25) is 0 Å². The monoisotopic (exact) mass is 274 g/mol. The molecular weight excluding hydrogens is 256 g/mol. The molecule has 1 aliphatic rings. The summed E-state index contributed by atoms with van der Waals surface area (Å²) in [4.78, 5) is 16.2. The van der Waals surface area contributed by atoms with Gasteiger partial charge in [-0.1, -0.05) is 6.42 Å². The number of amides is 1. The number of aliphatic hydroxyl groups is 1. The molecule has 2 aromatic heterocycles. The Bertz CT molecular complexity index is 610. The lowest BCUT2D eigenvalue weighted by atomic mass is 9.97. The summed E-state index contributed by atoms with van der Waals surface area (Å²) >= 11 is 0. The van der Waals surface area contributed by atoms with Crippen LogP contribution < -0.4 is 5.32 Å². The van der Waals surface area contributed by atoms with Crippen molar-refractivity contribution in [2.75, 3.05) is 13.2 Å². The van der Waals surface area contributed by atoms with Gasteiger partial charge in [0.15, 0.2) is 0 Å². The molecule has 2 atom stereocenters. The molecule has 2 heterocycles. The van der Waals surface area contributed by atoms with Crippen molar-refractivity contribution in [2.45, 2.75) is 19.3 Å². The number of carbonyl (C=O) groups is 1. The minimum absolute atomic E-state index is 0.128. The van der Waals surface area contributed by atoms with Crippen molar-refractivity contribution in [3.63, 3.8) is 0 Å². The van der Waals surface area contributed by atoms with Gasteiger partial charge in [0.25, 0.3) is 5.91 Å². The fourth-order valence-electron chi connectivity index (χ4n) is 2.95. The van der Waals surface area contributed by atoms with E-state index in [1.807, 2.05) is 0 Å². The number of fused-ring (bicyclic) bond motifs is 1. The molecule has 1 amide bonds. The van der Waals surface area contributed by atoms with E-state index in [0.717, 1.165) is 19.3 Å². The molecule has 2 N–H and O–H groups in total. The molecule has 6 heteroatoms. The average Bonchev–Trinajstić information content (AvgIpc) is 3.11. The van der Waals surface area contributed by atoms with Crippen molar-refractivity contribution in [2.24, 2.45) is 11.8 Å². The Morgan fingerprint density at radius 2 is 2.25 bits per heavy atom. The summed E-state index contributed by atoms with van der Waals surface area (Å²) in [6.45, 7) is 0.822. The predicted octanol–water partition coefficient (Wildman–Crippen LogP) is 0.868. The second kappa shape index (κ2) is 5.58. The Labute approximate surface area is 116 Å². The largest absolute Gasteiger partial charge is 0.396 e. The second-order valence-corrected chi connectivity index (χ2v) is 5.31. The molecule has 20 heavy (non-hydrogen) atoms. The smallest absolute Gasteiger partial charge is 0.255 e. The topological polar surface area (TPSA) is 79.5 Å². The van der Waals surface area contributed by atoms with E-state index < -0.39 is 0 Å². The maximum atomic E-state index is 12.2. The van der Waals surface area contributed by atoms with E-state index in [2.05, 4.69) is 15.4 Å². The third-order valence-corrected chi connectivity index (χ3v) is 4.15. The number of hydrogen-bond donors (Lipinski definition) is 2. The minimum Gasteiger partial charge on any atom is -0.396 e. The van der Waals surface area contributed by atoms with E-state index >= 15 is 0 Å². The third kappa shape index (κ3) is 2.38. The first-order valence-electron chi connectivity index (χ1n) is 6.96. The minimum atomic E-state index is -0.128. The van der Waals surface area contributed by atoms with E-state index in [-0.39, 0.29) is 12.5 Å². The summed E-state index contributed by atoms with van der Waals surface area (Å²) in [5.41, 5.74) is 1.24. The van der Waals surface area contributed by atoms with Gasteiger partial charge in [0, 0.05) is 25.5 Å². The van der Waals surface area contributed by atoms with E-state index in [9.17, 15) is 9.90 Å². The molecule has 2 unspecified atom stereocenters. The Morgan fingerprint density at radius 1 is 1.40 bits per heavy atom. The Morgan fingerprint density at radius 3 is 3.10 bits per heavy atom. The fraction of sp³-hybridized carbons (Fsp3) is 0.500. The van der Waals surface area contributed by atoms with Crippen LogP contribution in [0.15, 0.2) is 24.8 Å². The summed E-state index contributed by atoms with van der Waals surface area (Å²) < 4.78 is 1.63. The Balaban J connectivity index is 1.67. The molecule has 106 valence electrons. The standard InChI is InChI=1S/C14H18N4O2/c19-9-11-3-1-2-10(11)6-16-14(20)12-7-17-18-5-4-15-8-13(12)18/h4-5,7-8,10-11,19H,1-3,6,9H2,(H,16,20). The molecule has 0 aliphatic heterocycles. The van der Waals surface area contributed by atoms with E-state index in [1.165, 1.54) is 0 Å². The molecule has 3 rings (SSSR count). The fourth-order valence-corrected chi connectivity index (χ4v) is 2.95. The first-order chi connectivity index (χ1) is 9.79. The predicted molar refractivity (Wildman–Crippen MR) is 73.2 cm³/mol. The lowest BCUT2D eigenvalue weighted by Gasteiger charge is -2.17. The van der Waals surface area contributed by atoms with Crippen molar-refractivity contribution in [1.29, 1.82) is 0 Å². The maximum Gasteiger partial charge on any atom is 0.255 e. The van der Waals surface area contributed by atoms with Crippen LogP contribution in [-0.2, 0) is 0 Å². The molecule has 0 aromatic carbocycles. The van der Waals surface area contributed by atoms with Gasteiger partial charge in [-0.05, 0) is 24.7 Å². The summed E-state index contributed by atoms with van der Waals surface area (Å²) in [5.74, 6) is 0.571. The summed E-state index contributed by atoms with van der Waals surface area (Å²) in [6, 6.07) is 0. The van der Waals surface area contributed by atoms with Crippen molar-refractivity contribution < 1.29 is 9.90 Å². The number of aromatic nitrogens is 3. The van der Waals surface area contributed by atoms with Crippen LogP contribution >= 0.6 is 0 Å². The quantitative estimate of drug-likeness (QED) is 0.867. The van der Waals surface area contributed by atoms with Crippen molar-refractivity contribution in [3.05, 3.63) is 30.4 Å². The van der Waals surface area contributed by atoms with Crippen molar-refractivity contribution in [1.82, 2.24) is 19.9 Å². The highest BCUT2D eigenvalue weighted by molar-refractivity contribution is 6.00. The SMILES string of the molecule is O=C(NCC1CCCC1CO)c1cnn2ccncc12.